The first kappa shape index (κ1) is 20.8. The lowest BCUT2D eigenvalue weighted by Gasteiger charge is -2.29. The van der Waals surface area contributed by atoms with Gasteiger partial charge < -0.3 is 10.2 Å². The summed E-state index contributed by atoms with van der Waals surface area (Å²) in [5, 5.41) is 2.46. The maximum absolute atomic E-state index is 13.8. The van der Waals surface area contributed by atoms with E-state index in [-0.39, 0.29) is 28.8 Å². The molecule has 2 amide bonds. The largest absolute Gasteiger partial charge is 0.322 e. The summed E-state index contributed by atoms with van der Waals surface area (Å²) in [5.41, 5.74) is 0.395. The summed E-state index contributed by atoms with van der Waals surface area (Å²) in [6.07, 6.45) is 1.64. The average Bonchev–Trinajstić information content (AvgIpc) is 3.27. The smallest absolute Gasteiger partial charge is 0.244 e. The van der Waals surface area contributed by atoms with Crippen LogP contribution in [0.3, 0.4) is 0 Å². The molecule has 0 saturated carbocycles. The Balaban J connectivity index is 1.60. The van der Waals surface area contributed by atoms with E-state index in [1.165, 1.54) is 51.3 Å². The third kappa shape index (κ3) is 4.07. The van der Waals surface area contributed by atoms with E-state index >= 15 is 0 Å². The number of carbonyl (C=O) groups excluding carboxylic acids is 2. The number of fused-ring (bicyclic) bond motifs is 1. The van der Waals surface area contributed by atoms with Crippen LogP contribution in [-0.2, 0) is 19.6 Å². The van der Waals surface area contributed by atoms with Crippen LogP contribution in [0.15, 0.2) is 52.3 Å². The molecule has 0 radical (unpaired) electrons. The van der Waals surface area contributed by atoms with Gasteiger partial charge in [-0.05, 0) is 43.2 Å². The molecule has 2 heterocycles. The molecule has 0 atom stereocenters. The van der Waals surface area contributed by atoms with Crippen molar-refractivity contribution in [2.75, 3.05) is 35.6 Å². The Morgan fingerprint density at radius 3 is 2.60 bits per heavy atom. The van der Waals surface area contributed by atoms with Gasteiger partial charge in [0.25, 0.3) is 0 Å². The monoisotopic (exact) mass is 449 g/mol. The van der Waals surface area contributed by atoms with Crippen LogP contribution in [0.2, 0.25) is 0 Å². The second-order valence-electron chi connectivity index (χ2n) is 7.04. The zero-order valence-corrected chi connectivity index (χ0v) is 17.6. The van der Waals surface area contributed by atoms with E-state index in [0.717, 1.165) is 12.8 Å². The van der Waals surface area contributed by atoms with E-state index in [1.807, 2.05) is 0 Å². The first-order chi connectivity index (χ1) is 14.4. The van der Waals surface area contributed by atoms with E-state index < -0.39 is 21.7 Å². The predicted molar refractivity (Wildman–Crippen MR) is 113 cm³/mol. The number of nitrogens with zero attached hydrogens (tertiary/aromatic N) is 2. The van der Waals surface area contributed by atoms with Gasteiger partial charge in [0.05, 0.1) is 22.0 Å². The first-order valence-corrected chi connectivity index (χ1v) is 11.9. The van der Waals surface area contributed by atoms with Crippen molar-refractivity contribution >= 4 is 45.0 Å². The topological polar surface area (TPSA) is 86.8 Å². The van der Waals surface area contributed by atoms with Gasteiger partial charge >= 0.3 is 0 Å². The number of nitrogens with one attached hydrogen (secondary N) is 1. The number of rotatable bonds is 5. The van der Waals surface area contributed by atoms with E-state index in [1.54, 1.807) is 12.1 Å². The fourth-order valence-electron chi connectivity index (χ4n) is 3.49. The zero-order chi connectivity index (χ0) is 21.3. The van der Waals surface area contributed by atoms with Gasteiger partial charge in [0.15, 0.2) is 0 Å². The summed E-state index contributed by atoms with van der Waals surface area (Å²) in [7, 11) is -3.66. The lowest BCUT2D eigenvalue weighted by atomic mass is 10.2. The van der Waals surface area contributed by atoms with Gasteiger partial charge in [-0.2, -0.15) is 4.31 Å². The third-order valence-corrected chi connectivity index (χ3v) is 7.97. The van der Waals surface area contributed by atoms with E-state index in [9.17, 15) is 22.4 Å². The summed E-state index contributed by atoms with van der Waals surface area (Å²) in [4.78, 5) is 27.1. The quantitative estimate of drug-likeness (QED) is 0.759. The third-order valence-electron chi connectivity index (χ3n) is 5.03. The molecular weight excluding hydrogens is 429 g/mol. The minimum Gasteiger partial charge on any atom is -0.322 e. The van der Waals surface area contributed by atoms with Crippen LogP contribution < -0.4 is 10.2 Å². The molecule has 2 aromatic rings. The molecule has 2 aromatic carbocycles. The highest BCUT2D eigenvalue weighted by atomic mass is 32.2. The number of anilines is 2. The molecule has 10 heteroatoms. The lowest BCUT2D eigenvalue weighted by Crippen LogP contribution is -2.41. The second kappa shape index (κ2) is 8.37. The number of carbonyl (C=O) groups is 2. The first-order valence-electron chi connectivity index (χ1n) is 9.48. The normalized spacial score (nSPS) is 17.1. The van der Waals surface area contributed by atoms with Crippen LogP contribution in [0.5, 0.6) is 0 Å². The van der Waals surface area contributed by atoms with Gasteiger partial charge in [-0.25, -0.2) is 12.8 Å². The van der Waals surface area contributed by atoms with Crippen LogP contribution in [0.1, 0.15) is 12.8 Å². The predicted octanol–water partition coefficient (Wildman–Crippen LogP) is 2.69. The summed E-state index contributed by atoms with van der Waals surface area (Å²) < 4.78 is 41.0. The number of para-hydroxylation sites is 1. The summed E-state index contributed by atoms with van der Waals surface area (Å²) in [6.45, 7) is 0.609. The van der Waals surface area contributed by atoms with Gasteiger partial charge in [-0.1, -0.05) is 12.1 Å². The molecule has 2 aliphatic rings. The molecule has 0 aromatic heterocycles. The van der Waals surface area contributed by atoms with Crippen molar-refractivity contribution in [2.24, 2.45) is 0 Å². The van der Waals surface area contributed by atoms with E-state index in [0.29, 0.717) is 23.7 Å². The molecule has 0 unspecified atom stereocenters. The molecule has 158 valence electrons. The molecule has 4 rings (SSSR count). The number of thioether (sulfide) groups is 1. The number of sulfonamides is 1. The summed E-state index contributed by atoms with van der Waals surface area (Å²) in [6, 6.07) is 10.4. The van der Waals surface area contributed by atoms with Crippen molar-refractivity contribution in [2.45, 2.75) is 22.6 Å². The fraction of sp³-hybridized carbons (Fsp3) is 0.300. The van der Waals surface area contributed by atoms with Gasteiger partial charge in [0.2, 0.25) is 21.8 Å². The standard InChI is InChI=1S/C20H20FN3O4S2/c21-15-5-1-2-6-16(15)22-19(25)12-24-17-11-14(7-8-18(17)29-13-20(24)26)30(27,28)23-9-3-4-10-23/h1-2,5-8,11H,3-4,9-10,12-13H2,(H,22,25). The second-order valence-corrected chi connectivity index (χ2v) is 9.99. The zero-order valence-electron chi connectivity index (χ0n) is 16.0. The van der Waals surface area contributed by atoms with Gasteiger partial charge in [-0.15, -0.1) is 11.8 Å². The van der Waals surface area contributed by atoms with Crippen molar-refractivity contribution in [3.05, 3.63) is 48.3 Å². The number of hydrogen-bond acceptors (Lipinski definition) is 5. The van der Waals surface area contributed by atoms with Crippen molar-refractivity contribution in [1.82, 2.24) is 4.31 Å². The molecule has 0 aliphatic carbocycles. The highest BCUT2D eigenvalue weighted by Gasteiger charge is 2.31. The highest BCUT2D eigenvalue weighted by Crippen LogP contribution is 2.37. The molecule has 1 saturated heterocycles. The molecule has 1 N–H and O–H groups in total. The number of hydrogen-bond donors (Lipinski definition) is 1. The molecule has 0 bridgehead atoms. The fourth-order valence-corrected chi connectivity index (χ4v) is 5.94. The molecule has 30 heavy (non-hydrogen) atoms. The SMILES string of the molecule is O=C(CN1C(=O)CSc2ccc(S(=O)(=O)N3CCCC3)cc21)Nc1ccccc1F. The van der Waals surface area contributed by atoms with Crippen molar-refractivity contribution in [1.29, 1.82) is 0 Å². The van der Waals surface area contributed by atoms with Gasteiger partial charge in [0, 0.05) is 18.0 Å². The lowest BCUT2D eigenvalue weighted by molar-refractivity contribution is -0.120. The van der Waals surface area contributed by atoms with Crippen molar-refractivity contribution in [3.63, 3.8) is 0 Å². The summed E-state index contributed by atoms with van der Waals surface area (Å²) >= 11 is 1.29. The minimum absolute atomic E-state index is 0.0203. The Labute approximate surface area is 178 Å². The average molecular weight is 450 g/mol. The van der Waals surface area contributed by atoms with Crippen LogP contribution in [0, 0.1) is 5.82 Å². The van der Waals surface area contributed by atoms with Gasteiger partial charge in [0.1, 0.15) is 12.4 Å². The molecule has 0 spiro atoms. The maximum atomic E-state index is 13.8. The van der Waals surface area contributed by atoms with Crippen LogP contribution in [-0.4, -0.2) is 49.9 Å². The van der Waals surface area contributed by atoms with E-state index in [4.69, 9.17) is 0 Å². The minimum atomic E-state index is -3.66. The van der Waals surface area contributed by atoms with Crippen LogP contribution in [0.25, 0.3) is 0 Å². The number of halogens is 1. The Kier molecular flexibility index (Phi) is 5.81. The van der Waals surface area contributed by atoms with Crippen LogP contribution >= 0.6 is 11.8 Å². The number of benzene rings is 2. The van der Waals surface area contributed by atoms with Gasteiger partial charge in [-0.3, -0.25) is 9.59 Å². The molecule has 2 aliphatic heterocycles. The van der Waals surface area contributed by atoms with Crippen molar-refractivity contribution < 1.29 is 22.4 Å². The number of amides is 2. The summed E-state index contributed by atoms with van der Waals surface area (Å²) in [5.74, 6) is -1.32. The van der Waals surface area contributed by atoms with Crippen molar-refractivity contribution in [3.8, 4) is 0 Å². The molecular formula is C20H20FN3O4S2. The highest BCUT2D eigenvalue weighted by molar-refractivity contribution is 8.00. The molecule has 1 fully saturated rings. The Morgan fingerprint density at radius 2 is 1.87 bits per heavy atom. The Morgan fingerprint density at radius 1 is 1.13 bits per heavy atom. The Hall–Kier alpha value is -2.43. The van der Waals surface area contributed by atoms with E-state index in [2.05, 4.69) is 5.32 Å². The maximum Gasteiger partial charge on any atom is 0.244 e. The molecule has 7 nitrogen and oxygen atoms in total. The van der Waals surface area contributed by atoms with Crippen LogP contribution in [0.4, 0.5) is 15.8 Å². The Bertz CT molecular complexity index is 1100.